The van der Waals surface area contributed by atoms with Crippen LogP contribution in [-0.2, 0) is 13.5 Å². The summed E-state index contributed by atoms with van der Waals surface area (Å²) < 4.78 is 1.74. The molecular formula is C14H27N5. The zero-order chi connectivity index (χ0) is 14.0. The molecule has 0 spiro atoms. The number of rotatable bonds is 4. The first-order valence-electron chi connectivity index (χ1n) is 7.22. The van der Waals surface area contributed by atoms with E-state index in [9.17, 15) is 0 Å². The number of aryl methyl sites for hydroxylation is 1. The predicted octanol–water partition coefficient (Wildman–Crippen LogP) is 1.20. The monoisotopic (exact) mass is 265 g/mol. The summed E-state index contributed by atoms with van der Waals surface area (Å²) in [4.78, 5) is 2.34. The SMILES string of the molecule is CC1CCCC(C(N)Cc2cn(C)nn2)(N(C)C)C1. The van der Waals surface area contributed by atoms with Gasteiger partial charge in [0.15, 0.2) is 0 Å². The van der Waals surface area contributed by atoms with Crippen LogP contribution in [0.4, 0.5) is 0 Å². The number of aromatic nitrogens is 3. The molecule has 1 heterocycles. The summed E-state index contributed by atoms with van der Waals surface area (Å²) >= 11 is 0. The molecule has 1 fully saturated rings. The first-order chi connectivity index (χ1) is 8.94. The Balaban J connectivity index is 2.14. The van der Waals surface area contributed by atoms with Crippen LogP contribution in [-0.4, -0.2) is 45.6 Å². The second-order valence-electron chi connectivity index (χ2n) is 6.39. The van der Waals surface area contributed by atoms with Crippen LogP contribution >= 0.6 is 0 Å². The lowest BCUT2D eigenvalue weighted by Gasteiger charge is -2.49. The summed E-state index contributed by atoms with van der Waals surface area (Å²) in [7, 11) is 6.22. The van der Waals surface area contributed by atoms with Gasteiger partial charge in [-0.3, -0.25) is 4.68 Å². The van der Waals surface area contributed by atoms with Gasteiger partial charge in [0, 0.05) is 31.2 Å². The van der Waals surface area contributed by atoms with Gasteiger partial charge in [0.05, 0.1) is 5.69 Å². The maximum Gasteiger partial charge on any atom is 0.0843 e. The third-order valence-corrected chi connectivity index (χ3v) is 4.67. The maximum atomic E-state index is 6.57. The average Bonchev–Trinajstić information content (AvgIpc) is 2.74. The Labute approximate surface area is 116 Å². The number of nitrogens with zero attached hydrogens (tertiary/aromatic N) is 4. The molecular weight excluding hydrogens is 238 g/mol. The molecule has 5 nitrogen and oxygen atoms in total. The Morgan fingerprint density at radius 3 is 2.84 bits per heavy atom. The number of likely N-dealkylation sites (N-methyl/N-ethyl adjacent to an activating group) is 1. The topological polar surface area (TPSA) is 60.0 Å². The Hall–Kier alpha value is -0.940. The van der Waals surface area contributed by atoms with Crippen molar-refractivity contribution < 1.29 is 0 Å². The minimum Gasteiger partial charge on any atom is -0.326 e. The van der Waals surface area contributed by atoms with Crippen molar-refractivity contribution in [2.24, 2.45) is 18.7 Å². The first kappa shape index (κ1) is 14.5. The molecule has 0 aromatic carbocycles. The van der Waals surface area contributed by atoms with Gasteiger partial charge in [-0.15, -0.1) is 5.10 Å². The van der Waals surface area contributed by atoms with Crippen molar-refractivity contribution in [3.63, 3.8) is 0 Å². The minimum absolute atomic E-state index is 0.106. The summed E-state index contributed by atoms with van der Waals surface area (Å²) in [5.74, 6) is 0.754. The molecule has 1 aromatic heterocycles. The molecule has 1 aromatic rings. The van der Waals surface area contributed by atoms with E-state index in [1.165, 1.54) is 25.7 Å². The molecule has 2 N–H and O–H groups in total. The van der Waals surface area contributed by atoms with Gasteiger partial charge >= 0.3 is 0 Å². The lowest BCUT2D eigenvalue weighted by molar-refractivity contribution is 0.0501. The summed E-state index contributed by atoms with van der Waals surface area (Å²) in [6, 6.07) is 0.113. The van der Waals surface area contributed by atoms with Gasteiger partial charge in [-0.25, -0.2) is 0 Å². The van der Waals surface area contributed by atoms with Crippen molar-refractivity contribution >= 4 is 0 Å². The highest BCUT2D eigenvalue weighted by Gasteiger charge is 2.42. The van der Waals surface area contributed by atoms with Gasteiger partial charge in [-0.2, -0.15) is 0 Å². The van der Waals surface area contributed by atoms with Crippen molar-refractivity contribution in [3.8, 4) is 0 Å². The summed E-state index contributed by atoms with van der Waals surface area (Å²) in [6.45, 7) is 2.34. The van der Waals surface area contributed by atoms with E-state index in [0.29, 0.717) is 0 Å². The van der Waals surface area contributed by atoms with Crippen LogP contribution in [0.1, 0.15) is 38.3 Å². The number of hydrogen-bond donors (Lipinski definition) is 1. The standard InChI is InChI=1S/C14H27N5/c1-11-6-5-7-14(9-11,18(2)3)13(15)8-12-10-19(4)17-16-12/h10-11,13H,5-9,15H2,1-4H3. The van der Waals surface area contributed by atoms with Crippen LogP contribution < -0.4 is 5.73 Å². The second-order valence-corrected chi connectivity index (χ2v) is 6.39. The molecule has 3 atom stereocenters. The summed E-state index contributed by atoms with van der Waals surface area (Å²) in [5.41, 5.74) is 7.67. The molecule has 3 unspecified atom stereocenters. The van der Waals surface area contributed by atoms with Gasteiger partial charge in [0.2, 0.25) is 0 Å². The Bertz CT molecular complexity index is 414. The fourth-order valence-corrected chi connectivity index (χ4v) is 3.54. The normalized spacial score (nSPS) is 29.7. The van der Waals surface area contributed by atoms with E-state index in [4.69, 9.17) is 5.73 Å². The highest BCUT2D eigenvalue weighted by Crippen LogP contribution is 2.38. The van der Waals surface area contributed by atoms with Crippen molar-refractivity contribution in [2.45, 2.75) is 50.6 Å². The van der Waals surface area contributed by atoms with E-state index in [0.717, 1.165) is 18.0 Å². The molecule has 0 bridgehead atoms. The van der Waals surface area contributed by atoms with E-state index in [2.05, 4.69) is 36.2 Å². The molecule has 1 aliphatic rings. The average molecular weight is 265 g/mol. The molecule has 19 heavy (non-hydrogen) atoms. The van der Waals surface area contributed by atoms with Crippen LogP contribution in [0.5, 0.6) is 0 Å². The van der Waals surface area contributed by atoms with Gasteiger partial charge in [0.25, 0.3) is 0 Å². The molecule has 2 rings (SSSR count). The Morgan fingerprint density at radius 2 is 2.32 bits per heavy atom. The van der Waals surface area contributed by atoms with Gasteiger partial charge in [-0.05, 0) is 32.9 Å². The van der Waals surface area contributed by atoms with Crippen LogP contribution in [0.25, 0.3) is 0 Å². The smallest absolute Gasteiger partial charge is 0.0843 e. The lowest BCUT2D eigenvalue weighted by Crippen LogP contribution is -2.60. The highest BCUT2D eigenvalue weighted by molar-refractivity contribution is 5.06. The third-order valence-electron chi connectivity index (χ3n) is 4.67. The van der Waals surface area contributed by atoms with Gasteiger partial charge in [0.1, 0.15) is 0 Å². The van der Waals surface area contributed by atoms with E-state index in [1.807, 2.05) is 13.2 Å². The van der Waals surface area contributed by atoms with Gasteiger partial charge in [-0.1, -0.05) is 25.0 Å². The van der Waals surface area contributed by atoms with Gasteiger partial charge < -0.3 is 10.6 Å². The van der Waals surface area contributed by atoms with E-state index in [1.54, 1.807) is 4.68 Å². The Morgan fingerprint density at radius 1 is 1.58 bits per heavy atom. The van der Waals surface area contributed by atoms with Crippen molar-refractivity contribution in [1.82, 2.24) is 19.9 Å². The van der Waals surface area contributed by atoms with Crippen LogP contribution in [0.15, 0.2) is 6.20 Å². The van der Waals surface area contributed by atoms with Crippen molar-refractivity contribution in [3.05, 3.63) is 11.9 Å². The van der Waals surface area contributed by atoms with Crippen LogP contribution in [0.2, 0.25) is 0 Å². The third kappa shape index (κ3) is 2.98. The van der Waals surface area contributed by atoms with Crippen molar-refractivity contribution in [2.75, 3.05) is 14.1 Å². The zero-order valence-electron chi connectivity index (χ0n) is 12.6. The number of nitrogens with two attached hydrogens (primary N) is 1. The van der Waals surface area contributed by atoms with E-state index >= 15 is 0 Å². The fraction of sp³-hybridized carbons (Fsp3) is 0.857. The summed E-state index contributed by atoms with van der Waals surface area (Å²) in [5, 5.41) is 8.17. The molecule has 108 valence electrons. The molecule has 0 radical (unpaired) electrons. The number of hydrogen-bond acceptors (Lipinski definition) is 4. The van der Waals surface area contributed by atoms with Crippen LogP contribution in [0.3, 0.4) is 0 Å². The second kappa shape index (κ2) is 5.59. The molecule has 0 saturated heterocycles. The largest absolute Gasteiger partial charge is 0.326 e. The molecule has 0 aliphatic heterocycles. The molecule has 0 amide bonds. The Kier molecular flexibility index (Phi) is 4.26. The molecule has 1 saturated carbocycles. The lowest BCUT2D eigenvalue weighted by atomic mass is 9.70. The fourth-order valence-electron chi connectivity index (χ4n) is 3.54. The molecule has 5 heteroatoms. The zero-order valence-corrected chi connectivity index (χ0v) is 12.6. The maximum absolute atomic E-state index is 6.57. The first-order valence-corrected chi connectivity index (χ1v) is 7.22. The predicted molar refractivity (Wildman–Crippen MR) is 76.7 cm³/mol. The van der Waals surface area contributed by atoms with Crippen molar-refractivity contribution in [1.29, 1.82) is 0 Å². The summed E-state index contributed by atoms with van der Waals surface area (Å²) in [6.07, 6.45) is 7.74. The van der Waals surface area contributed by atoms with E-state index < -0.39 is 0 Å². The van der Waals surface area contributed by atoms with Crippen LogP contribution in [0, 0.1) is 5.92 Å². The molecule has 1 aliphatic carbocycles. The minimum atomic E-state index is 0.106. The highest BCUT2D eigenvalue weighted by atomic mass is 15.4. The van der Waals surface area contributed by atoms with E-state index in [-0.39, 0.29) is 11.6 Å². The quantitative estimate of drug-likeness (QED) is 0.888.